The second-order valence-corrected chi connectivity index (χ2v) is 8.00. The fraction of sp³-hybridized carbons (Fsp3) is 0.409. The van der Waals surface area contributed by atoms with E-state index in [4.69, 9.17) is 4.74 Å². The number of ketones is 1. The average molecular weight is 400 g/mol. The van der Waals surface area contributed by atoms with Crippen LogP contribution < -0.4 is 5.32 Å². The first-order chi connectivity index (χ1) is 13.7. The van der Waals surface area contributed by atoms with Crippen LogP contribution in [0.5, 0.6) is 0 Å². The van der Waals surface area contributed by atoms with Crippen molar-refractivity contribution in [2.24, 2.45) is 0 Å². The van der Waals surface area contributed by atoms with Crippen molar-refractivity contribution in [1.29, 1.82) is 0 Å². The number of hydrogen-bond acceptors (Lipinski definition) is 4. The molecule has 7 heteroatoms. The predicted octanol–water partition coefficient (Wildman–Crippen LogP) is 2.41. The van der Waals surface area contributed by atoms with E-state index in [1.54, 1.807) is 19.9 Å². The number of rotatable bonds is 4. The minimum absolute atomic E-state index is 0.0188. The first-order valence-electron chi connectivity index (χ1n) is 9.62. The van der Waals surface area contributed by atoms with Gasteiger partial charge in [0.05, 0.1) is 6.54 Å². The van der Waals surface area contributed by atoms with Crippen LogP contribution in [-0.2, 0) is 19.1 Å². The highest BCUT2D eigenvalue weighted by Gasteiger charge is 2.34. The second kappa shape index (κ2) is 8.59. The van der Waals surface area contributed by atoms with E-state index >= 15 is 0 Å². The summed E-state index contributed by atoms with van der Waals surface area (Å²) in [6.07, 6.45) is 3.29. The number of carbonyl (C=O) groups excluding carboxylic acids is 3. The molecule has 1 aromatic rings. The molecule has 29 heavy (non-hydrogen) atoms. The molecule has 154 valence electrons. The van der Waals surface area contributed by atoms with E-state index in [1.807, 2.05) is 30.3 Å². The van der Waals surface area contributed by atoms with Crippen molar-refractivity contribution < 1.29 is 23.5 Å². The van der Waals surface area contributed by atoms with Crippen molar-refractivity contribution in [2.45, 2.75) is 44.5 Å². The third-order valence-corrected chi connectivity index (χ3v) is 4.77. The maximum absolute atomic E-state index is 14.2. The molecule has 0 aliphatic carbocycles. The molecule has 0 unspecified atom stereocenters. The summed E-state index contributed by atoms with van der Waals surface area (Å²) >= 11 is 0. The lowest BCUT2D eigenvalue weighted by Gasteiger charge is -2.35. The van der Waals surface area contributed by atoms with E-state index in [0.717, 1.165) is 5.56 Å². The molecule has 1 saturated heterocycles. The van der Waals surface area contributed by atoms with E-state index in [-0.39, 0.29) is 43.4 Å². The maximum atomic E-state index is 14.2. The summed E-state index contributed by atoms with van der Waals surface area (Å²) in [5.41, 5.74) is 0.103. The Morgan fingerprint density at radius 1 is 1.24 bits per heavy atom. The molecule has 2 amide bonds. The van der Waals surface area contributed by atoms with Crippen LogP contribution >= 0.6 is 0 Å². The maximum Gasteiger partial charge on any atom is 0.286 e. The smallest absolute Gasteiger partial charge is 0.286 e. The number of ether oxygens (including phenoxy) is 1. The Kier molecular flexibility index (Phi) is 6.15. The van der Waals surface area contributed by atoms with Crippen molar-refractivity contribution in [3.63, 3.8) is 0 Å². The number of nitrogens with zero attached hydrogens (tertiary/aromatic N) is 1. The number of amides is 2. The van der Waals surface area contributed by atoms with Gasteiger partial charge in [0.25, 0.3) is 5.91 Å². The van der Waals surface area contributed by atoms with Crippen LogP contribution in [0.3, 0.4) is 0 Å². The molecule has 1 aromatic carbocycles. The Morgan fingerprint density at radius 3 is 2.66 bits per heavy atom. The van der Waals surface area contributed by atoms with Crippen LogP contribution in [0.4, 0.5) is 4.39 Å². The normalized spacial score (nSPS) is 24.0. The molecular formula is C22H25FN2O4. The molecule has 0 radical (unpaired) electrons. The van der Waals surface area contributed by atoms with E-state index in [2.05, 4.69) is 5.32 Å². The summed E-state index contributed by atoms with van der Waals surface area (Å²) in [6.45, 7) is 3.62. The van der Waals surface area contributed by atoms with Crippen LogP contribution in [0.1, 0.15) is 32.3 Å². The molecule has 0 bridgehead atoms. The molecule has 0 saturated carbocycles. The van der Waals surface area contributed by atoms with Gasteiger partial charge in [-0.1, -0.05) is 30.3 Å². The van der Waals surface area contributed by atoms with Crippen molar-refractivity contribution in [1.82, 2.24) is 10.2 Å². The molecule has 2 aliphatic heterocycles. The van der Waals surface area contributed by atoms with Gasteiger partial charge in [-0.25, -0.2) is 4.39 Å². The topological polar surface area (TPSA) is 75.7 Å². The van der Waals surface area contributed by atoms with Gasteiger partial charge in [0, 0.05) is 37.6 Å². The van der Waals surface area contributed by atoms with Gasteiger partial charge < -0.3 is 15.0 Å². The highest BCUT2D eigenvalue weighted by atomic mass is 19.1. The Labute approximate surface area is 169 Å². The number of carbonyl (C=O) groups is 3. The third-order valence-electron chi connectivity index (χ3n) is 4.77. The summed E-state index contributed by atoms with van der Waals surface area (Å²) in [4.78, 5) is 38.1. The van der Waals surface area contributed by atoms with Gasteiger partial charge in [-0.05, 0) is 25.5 Å². The number of halogens is 1. The zero-order valence-corrected chi connectivity index (χ0v) is 16.6. The van der Waals surface area contributed by atoms with Gasteiger partial charge in [-0.15, -0.1) is 0 Å². The Bertz CT molecular complexity index is 848. The van der Waals surface area contributed by atoms with Crippen LogP contribution in [0.15, 0.2) is 48.2 Å². The molecule has 0 aromatic heterocycles. The zero-order chi connectivity index (χ0) is 21.0. The highest BCUT2D eigenvalue weighted by molar-refractivity contribution is 6.02. The SMILES string of the molecule is CC1(C)CC(=O)C=C(C(=O)N[C@H]2C[C@@H](F)CN(C(=O)C=Cc3ccccc3)C2)O1. The zero-order valence-electron chi connectivity index (χ0n) is 16.6. The van der Waals surface area contributed by atoms with E-state index in [1.165, 1.54) is 17.1 Å². The van der Waals surface area contributed by atoms with Gasteiger partial charge >= 0.3 is 0 Å². The molecule has 2 atom stereocenters. The van der Waals surface area contributed by atoms with E-state index in [9.17, 15) is 18.8 Å². The predicted molar refractivity (Wildman–Crippen MR) is 106 cm³/mol. The summed E-state index contributed by atoms with van der Waals surface area (Å²) in [7, 11) is 0. The molecular weight excluding hydrogens is 375 g/mol. The van der Waals surface area contributed by atoms with Crippen LogP contribution in [0, 0.1) is 0 Å². The monoisotopic (exact) mass is 400 g/mol. The molecule has 2 heterocycles. The second-order valence-electron chi connectivity index (χ2n) is 8.00. The fourth-order valence-corrected chi connectivity index (χ4v) is 3.51. The van der Waals surface area contributed by atoms with Gasteiger partial charge in [0.1, 0.15) is 11.8 Å². The number of nitrogens with one attached hydrogen (secondary N) is 1. The van der Waals surface area contributed by atoms with Gasteiger partial charge in [-0.3, -0.25) is 14.4 Å². The molecule has 2 aliphatic rings. The summed E-state index contributed by atoms with van der Waals surface area (Å²) < 4.78 is 19.8. The summed E-state index contributed by atoms with van der Waals surface area (Å²) in [5, 5.41) is 2.69. The quantitative estimate of drug-likeness (QED) is 0.788. The van der Waals surface area contributed by atoms with Gasteiger partial charge in [0.2, 0.25) is 5.91 Å². The van der Waals surface area contributed by atoms with Crippen LogP contribution in [0.2, 0.25) is 0 Å². The van der Waals surface area contributed by atoms with E-state index < -0.39 is 23.7 Å². The average Bonchev–Trinajstić information content (AvgIpc) is 2.65. The number of piperidine rings is 1. The molecule has 1 fully saturated rings. The summed E-state index contributed by atoms with van der Waals surface area (Å²) in [5.74, 6) is -1.16. The first-order valence-corrected chi connectivity index (χ1v) is 9.62. The Morgan fingerprint density at radius 2 is 1.97 bits per heavy atom. The van der Waals surface area contributed by atoms with Crippen molar-refractivity contribution in [3.05, 3.63) is 53.8 Å². The summed E-state index contributed by atoms with van der Waals surface area (Å²) in [6, 6.07) is 8.77. The fourth-order valence-electron chi connectivity index (χ4n) is 3.51. The number of likely N-dealkylation sites (tertiary alicyclic amines) is 1. The van der Waals surface area contributed by atoms with Crippen molar-refractivity contribution >= 4 is 23.7 Å². The third kappa shape index (κ3) is 5.76. The molecule has 1 N–H and O–H groups in total. The Balaban J connectivity index is 1.62. The van der Waals surface area contributed by atoms with Crippen molar-refractivity contribution in [2.75, 3.05) is 13.1 Å². The highest BCUT2D eigenvalue weighted by Crippen LogP contribution is 2.25. The first kappa shape index (κ1) is 20.8. The number of benzene rings is 1. The lowest BCUT2D eigenvalue weighted by atomic mass is 9.98. The number of allylic oxidation sites excluding steroid dienone is 1. The molecule has 6 nitrogen and oxygen atoms in total. The minimum atomic E-state index is -1.25. The van der Waals surface area contributed by atoms with Crippen molar-refractivity contribution in [3.8, 4) is 0 Å². The largest absolute Gasteiger partial charge is 0.482 e. The number of alkyl halides is 1. The number of hydrogen-bond donors (Lipinski definition) is 1. The molecule has 3 rings (SSSR count). The van der Waals surface area contributed by atoms with Gasteiger partial charge in [-0.2, -0.15) is 0 Å². The van der Waals surface area contributed by atoms with Crippen LogP contribution in [0.25, 0.3) is 6.08 Å². The van der Waals surface area contributed by atoms with Crippen LogP contribution in [-0.4, -0.2) is 53.4 Å². The lowest BCUT2D eigenvalue weighted by molar-refractivity contribution is -0.133. The van der Waals surface area contributed by atoms with Gasteiger partial charge in [0.15, 0.2) is 11.5 Å². The minimum Gasteiger partial charge on any atom is -0.482 e. The molecule has 0 spiro atoms. The standard InChI is InChI=1S/C22H25FN2O4/c1-22(2)12-18(26)11-19(29-22)21(28)24-17-10-16(23)13-25(14-17)20(27)9-8-15-6-4-3-5-7-15/h3-9,11,16-17H,10,12-14H2,1-2H3,(H,24,28)/t16-,17+/m1/s1. The Hall–Kier alpha value is -2.96. The van der Waals surface area contributed by atoms with E-state index in [0.29, 0.717) is 0 Å². The lowest BCUT2D eigenvalue weighted by Crippen LogP contribution is -2.53.